The average molecular weight is 556 g/mol. The predicted octanol–water partition coefficient (Wildman–Crippen LogP) is 2.40. The first-order chi connectivity index (χ1) is 18.4. The van der Waals surface area contributed by atoms with Crippen LogP contribution in [-0.4, -0.2) is 82.6 Å². The van der Waals surface area contributed by atoms with Crippen LogP contribution in [0.3, 0.4) is 0 Å². The summed E-state index contributed by atoms with van der Waals surface area (Å²) in [5, 5.41) is 45.7. The SMILES string of the molecule is CN(C)c1cc(CCCC(C)(C)C)c(O)c2c1C[C@@H]1C[C@@H]3[C@@H](N(C)C)C(=O)C(C(N)=O)=C(O)[C@@]3(O)C(=O)C1=C2O. The molecule has 0 aliphatic heterocycles. The smallest absolute Gasteiger partial charge is 0.255 e. The van der Waals surface area contributed by atoms with E-state index in [2.05, 4.69) is 20.8 Å². The molecule has 4 rings (SSSR count). The molecule has 0 spiro atoms. The second-order valence-corrected chi connectivity index (χ2v) is 13.0. The van der Waals surface area contributed by atoms with Crippen molar-refractivity contribution in [3.63, 3.8) is 0 Å². The Morgan fingerprint density at radius 3 is 2.27 bits per heavy atom. The van der Waals surface area contributed by atoms with E-state index in [0.29, 0.717) is 17.5 Å². The number of Topliss-reactive ketones (excluding diaryl/α,β-unsaturated/α-hetero) is 2. The van der Waals surface area contributed by atoms with E-state index >= 15 is 0 Å². The zero-order valence-corrected chi connectivity index (χ0v) is 24.3. The Morgan fingerprint density at radius 2 is 1.75 bits per heavy atom. The molecule has 0 unspecified atom stereocenters. The number of nitrogens with zero attached hydrogens (tertiary/aromatic N) is 2. The molecule has 0 radical (unpaired) electrons. The number of anilines is 1. The fourth-order valence-corrected chi connectivity index (χ4v) is 6.74. The lowest BCUT2D eigenvalue weighted by Crippen LogP contribution is -2.65. The van der Waals surface area contributed by atoms with Gasteiger partial charge in [0.1, 0.15) is 22.8 Å². The van der Waals surface area contributed by atoms with Crippen molar-refractivity contribution >= 4 is 28.9 Å². The van der Waals surface area contributed by atoms with Crippen molar-refractivity contribution in [2.24, 2.45) is 23.0 Å². The Hall–Kier alpha value is -3.37. The Labute approximate surface area is 234 Å². The molecular weight excluding hydrogens is 514 g/mol. The van der Waals surface area contributed by atoms with Gasteiger partial charge in [-0.1, -0.05) is 20.8 Å². The maximum atomic E-state index is 14.1. The third kappa shape index (κ3) is 4.47. The fraction of sp³-hybridized carbons (Fsp3) is 0.567. The number of aryl methyl sites for hydroxylation is 1. The number of phenols is 1. The minimum Gasteiger partial charge on any atom is -0.508 e. The summed E-state index contributed by atoms with van der Waals surface area (Å²) in [4.78, 5) is 42.8. The number of carbonyl (C=O) groups is 3. The lowest BCUT2D eigenvalue weighted by Gasteiger charge is -2.50. The van der Waals surface area contributed by atoms with E-state index in [0.717, 1.165) is 18.5 Å². The Balaban J connectivity index is 1.91. The number of nitrogens with two attached hydrogens (primary N) is 1. The summed E-state index contributed by atoms with van der Waals surface area (Å²) in [7, 11) is 6.89. The number of phenolic OH excluding ortho intramolecular Hbond substituents is 1. The van der Waals surface area contributed by atoms with Crippen LogP contribution < -0.4 is 10.6 Å². The Bertz CT molecular complexity index is 1350. The molecule has 0 aromatic heterocycles. The van der Waals surface area contributed by atoms with E-state index in [1.165, 1.54) is 4.90 Å². The molecule has 4 atom stereocenters. The number of rotatable bonds is 6. The van der Waals surface area contributed by atoms with Crippen LogP contribution in [0.1, 0.15) is 56.7 Å². The molecule has 0 bridgehead atoms. The molecular formula is C30H41N3O7. The van der Waals surface area contributed by atoms with E-state index in [1.54, 1.807) is 14.1 Å². The molecule has 6 N–H and O–H groups in total. The Morgan fingerprint density at radius 1 is 1.12 bits per heavy atom. The van der Waals surface area contributed by atoms with Crippen molar-refractivity contribution in [2.75, 3.05) is 33.1 Å². The predicted molar refractivity (Wildman–Crippen MR) is 151 cm³/mol. The number of ketones is 2. The third-order valence-corrected chi connectivity index (χ3v) is 8.63. The lowest BCUT2D eigenvalue weighted by molar-refractivity contribution is -0.153. The first kappa shape index (κ1) is 29.6. The van der Waals surface area contributed by atoms with E-state index in [4.69, 9.17) is 5.73 Å². The van der Waals surface area contributed by atoms with Crippen LogP contribution in [0.5, 0.6) is 5.75 Å². The molecule has 1 fully saturated rings. The van der Waals surface area contributed by atoms with Gasteiger partial charge in [-0.2, -0.15) is 0 Å². The number of hydrogen-bond donors (Lipinski definition) is 5. The minimum atomic E-state index is -2.64. The third-order valence-electron chi connectivity index (χ3n) is 8.63. The van der Waals surface area contributed by atoms with Crippen LogP contribution in [-0.2, 0) is 27.2 Å². The van der Waals surface area contributed by atoms with Gasteiger partial charge in [0, 0.05) is 31.3 Å². The number of fused-ring (bicyclic) bond motifs is 3. The maximum Gasteiger partial charge on any atom is 0.255 e. The summed E-state index contributed by atoms with van der Waals surface area (Å²) in [6, 6.07) is 0.806. The summed E-state index contributed by atoms with van der Waals surface area (Å²) in [5.41, 5.74) is 4.11. The number of primary amides is 1. The van der Waals surface area contributed by atoms with Gasteiger partial charge in [0.25, 0.3) is 5.91 Å². The second-order valence-electron chi connectivity index (χ2n) is 13.0. The van der Waals surface area contributed by atoms with Crippen molar-refractivity contribution in [1.29, 1.82) is 0 Å². The van der Waals surface area contributed by atoms with Crippen LogP contribution >= 0.6 is 0 Å². The number of hydrogen-bond acceptors (Lipinski definition) is 9. The number of aromatic hydroxyl groups is 1. The van der Waals surface area contributed by atoms with Crippen LogP contribution in [0.25, 0.3) is 5.76 Å². The Kier molecular flexibility index (Phi) is 7.34. The van der Waals surface area contributed by atoms with Crippen molar-refractivity contribution in [1.82, 2.24) is 4.90 Å². The van der Waals surface area contributed by atoms with E-state index in [-0.39, 0.29) is 35.1 Å². The van der Waals surface area contributed by atoms with Gasteiger partial charge in [0.15, 0.2) is 11.4 Å². The van der Waals surface area contributed by atoms with Crippen molar-refractivity contribution in [3.05, 3.63) is 39.7 Å². The normalized spacial score (nSPS) is 26.6. The minimum absolute atomic E-state index is 0.0622. The quantitative estimate of drug-likeness (QED) is 0.332. The molecule has 1 aromatic carbocycles. The summed E-state index contributed by atoms with van der Waals surface area (Å²) in [6.45, 7) is 6.42. The molecule has 218 valence electrons. The van der Waals surface area contributed by atoms with E-state index in [9.17, 15) is 34.8 Å². The summed E-state index contributed by atoms with van der Waals surface area (Å²) in [6.07, 6.45) is 2.60. The van der Waals surface area contributed by atoms with Gasteiger partial charge in [-0.15, -0.1) is 0 Å². The molecule has 3 aliphatic carbocycles. The van der Waals surface area contributed by atoms with Gasteiger partial charge in [-0.3, -0.25) is 19.3 Å². The molecule has 0 saturated heterocycles. The standard InChI is InChI=1S/C30H41N3O7/c1-29(2,3)10-8-9-14-13-18(32(4)5)16-11-15-12-17-22(33(6)7)25(36)21(28(31)39)27(38)30(17,40)26(37)19(15)24(35)20(16)23(14)34/h13,15,17,22,34-35,38,40H,8-12H2,1-7H3,(H2,31,39)/t15-,17-,22-,30+/m1/s1. The van der Waals surface area contributed by atoms with Gasteiger partial charge in [0.05, 0.1) is 11.6 Å². The highest BCUT2D eigenvalue weighted by Gasteiger charge is 2.64. The molecule has 10 nitrogen and oxygen atoms in total. The number of carbonyl (C=O) groups excluding carboxylic acids is 3. The number of aliphatic hydroxyl groups excluding tert-OH is 2. The number of amides is 1. The second kappa shape index (κ2) is 9.92. The topological polar surface area (TPSA) is 165 Å². The molecule has 1 aromatic rings. The summed E-state index contributed by atoms with van der Waals surface area (Å²) in [5.74, 6) is -6.40. The monoisotopic (exact) mass is 555 g/mol. The molecule has 10 heteroatoms. The van der Waals surface area contributed by atoms with Crippen molar-refractivity contribution in [2.45, 2.75) is 64.5 Å². The maximum absolute atomic E-state index is 14.1. The molecule has 1 amide bonds. The van der Waals surface area contributed by atoms with Gasteiger partial charge < -0.3 is 31.1 Å². The van der Waals surface area contributed by atoms with E-state index in [1.807, 2.05) is 25.1 Å². The first-order valence-electron chi connectivity index (χ1n) is 13.6. The summed E-state index contributed by atoms with van der Waals surface area (Å²) >= 11 is 0. The zero-order chi connectivity index (χ0) is 30.1. The van der Waals surface area contributed by atoms with Crippen molar-refractivity contribution in [3.8, 4) is 5.75 Å². The zero-order valence-electron chi connectivity index (χ0n) is 24.3. The first-order valence-corrected chi connectivity index (χ1v) is 13.6. The van der Waals surface area contributed by atoms with E-state index < -0.39 is 58.0 Å². The number of benzene rings is 1. The van der Waals surface area contributed by atoms with Gasteiger partial charge in [0.2, 0.25) is 5.78 Å². The highest BCUT2D eigenvalue weighted by Crippen LogP contribution is 2.54. The van der Waals surface area contributed by atoms with Crippen LogP contribution in [0.4, 0.5) is 5.69 Å². The lowest BCUT2D eigenvalue weighted by atomic mass is 9.57. The highest BCUT2D eigenvalue weighted by atomic mass is 16.3. The largest absolute Gasteiger partial charge is 0.508 e. The van der Waals surface area contributed by atoms with Gasteiger partial charge in [-0.25, -0.2) is 0 Å². The van der Waals surface area contributed by atoms with Crippen LogP contribution in [0.15, 0.2) is 23.0 Å². The van der Waals surface area contributed by atoms with Crippen molar-refractivity contribution < 1.29 is 34.8 Å². The van der Waals surface area contributed by atoms with Gasteiger partial charge in [-0.05, 0) is 74.7 Å². The van der Waals surface area contributed by atoms with Gasteiger partial charge >= 0.3 is 0 Å². The highest BCUT2D eigenvalue weighted by molar-refractivity contribution is 6.24. The van der Waals surface area contributed by atoms with Crippen LogP contribution in [0, 0.1) is 17.3 Å². The fourth-order valence-electron chi connectivity index (χ4n) is 6.74. The molecule has 40 heavy (non-hydrogen) atoms. The van der Waals surface area contributed by atoms with Crippen LogP contribution in [0.2, 0.25) is 0 Å². The number of likely N-dealkylation sites (N-methyl/N-ethyl adjacent to an activating group) is 1. The average Bonchev–Trinajstić information content (AvgIpc) is 2.81. The molecule has 1 saturated carbocycles. The summed E-state index contributed by atoms with van der Waals surface area (Å²) < 4.78 is 0. The number of aliphatic hydroxyl groups is 3. The molecule has 0 heterocycles. The molecule has 3 aliphatic rings.